The molecule has 0 aromatic carbocycles. The second kappa shape index (κ2) is 10.4. The molecule has 0 spiro atoms. The molecule has 0 radical (unpaired) electrons. The number of carboxylic acids is 1. The first-order valence-corrected chi connectivity index (χ1v) is 7.83. The number of nitrogens with zero attached hydrogens (tertiary/aromatic N) is 2. The topological polar surface area (TPSA) is 72.9 Å². The van der Waals surface area contributed by atoms with E-state index in [0.29, 0.717) is 13.0 Å². The quantitative estimate of drug-likeness (QED) is 0.647. The van der Waals surface area contributed by atoms with Crippen molar-refractivity contribution in [2.75, 3.05) is 26.2 Å². The van der Waals surface area contributed by atoms with Gasteiger partial charge < -0.3 is 20.2 Å². The number of nitrogens with one attached hydrogen (secondary N) is 1. The third-order valence-corrected chi connectivity index (χ3v) is 3.47. The normalized spacial score (nSPS) is 12.5. The van der Waals surface area contributed by atoms with E-state index in [1.165, 1.54) is 0 Å². The van der Waals surface area contributed by atoms with Gasteiger partial charge in [0.2, 0.25) is 0 Å². The first kappa shape index (κ1) is 19.7. The van der Waals surface area contributed by atoms with Crippen LogP contribution >= 0.6 is 0 Å². The number of rotatable bonds is 10. The molecule has 0 aliphatic rings. The summed E-state index contributed by atoms with van der Waals surface area (Å²) in [7, 11) is 0. The maximum atomic E-state index is 12.3. The minimum atomic E-state index is -0.825. The molecular formula is C15H31N3O3. The zero-order valence-corrected chi connectivity index (χ0v) is 14.1. The van der Waals surface area contributed by atoms with Gasteiger partial charge in [0, 0.05) is 31.6 Å². The summed E-state index contributed by atoms with van der Waals surface area (Å²) in [6.07, 6.45) is 0.566. The minimum Gasteiger partial charge on any atom is -0.481 e. The van der Waals surface area contributed by atoms with E-state index in [2.05, 4.69) is 24.1 Å². The van der Waals surface area contributed by atoms with Crippen LogP contribution in [0.5, 0.6) is 0 Å². The van der Waals surface area contributed by atoms with Gasteiger partial charge in [-0.2, -0.15) is 0 Å². The minimum absolute atomic E-state index is 0.0550. The van der Waals surface area contributed by atoms with Crippen molar-refractivity contribution in [2.24, 2.45) is 0 Å². The van der Waals surface area contributed by atoms with E-state index in [1.807, 2.05) is 20.8 Å². The summed E-state index contributed by atoms with van der Waals surface area (Å²) in [5, 5.41) is 11.7. The molecule has 0 aromatic rings. The molecule has 0 fully saturated rings. The summed E-state index contributed by atoms with van der Waals surface area (Å²) in [6, 6.07) is 0.00705. The molecule has 0 aliphatic heterocycles. The first-order valence-electron chi connectivity index (χ1n) is 7.83. The molecule has 2 N–H and O–H groups in total. The summed E-state index contributed by atoms with van der Waals surface area (Å²) in [4.78, 5) is 26.8. The van der Waals surface area contributed by atoms with Crippen LogP contribution in [0.25, 0.3) is 0 Å². The maximum Gasteiger partial charge on any atom is 0.317 e. The SMILES string of the molecule is CCN(CC)CC(C)NC(=O)N(CCCC(=O)O)C(C)C. The van der Waals surface area contributed by atoms with Crippen LogP contribution in [-0.2, 0) is 4.79 Å². The lowest BCUT2D eigenvalue weighted by Crippen LogP contribution is -2.50. The van der Waals surface area contributed by atoms with E-state index in [-0.39, 0.29) is 24.5 Å². The largest absolute Gasteiger partial charge is 0.481 e. The molecule has 0 bridgehead atoms. The van der Waals surface area contributed by atoms with Crippen LogP contribution < -0.4 is 5.32 Å². The second-order valence-corrected chi connectivity index (χ2v) is 5.62. The Balaban J connectivity index is 4.36. The van der Waals surface area contributed by atoms with E-state index in [0.717, 1.165) is 19.6 Å². The summed E-state index contributed by atoms with van der Waals surface area (Å²) >= 11 is 0. The van der Waals surface area contributed by atoms with E-state index in [4.69, 9.17) is 5.11 Å². The van der Waals surface area contributed by atoms with Gasteiger partial charge in [-0.05, 0) is 40.3 Å². The highest BCUT2D eigenvalue weighted by molar-refractivity contribution is 5.75. The number of hydrogen-bond donors (Lipinski definition) is 2. The lowest BCUT2D eigenvalue weighted by atomic mass is 10.2. The first-order chi connectivity index (χ1) is 9.81. The van der Waals surface area contributed by atoms with Gasteiger partial charge in [-0.1, -0.05) is 13.8 Å². The van der Waals surface area contributed by atoms with Crippen molar-refractivity contribution in [2.45, 2.75) is 59.5 Å². The van der Waals surface area contributed by atoms with Gasteiger partial charge in [0.1, 0.15) is 0 Å². The zero-order chi connectivity index (χ0) is 16.4. The summed E-state index contributed by atoms with van der Waals surface area (Å²) in [5.74, 6) is -0.825. The lowest BCUT2D eigenvalue weighted by Gasteiger charge is -2.30. The molecule has 6 heteroatoms. The van der Waals surface area contributed by atoms with E-state index in [1.54, 1.807) is 4.90 Å². The van der Waals surface area contributed by atoms with Crippen LogP contribution in [0, 0.1) is 0 Å². The third-order valence-electron chi connectivity index (χ3n) is 3.47. The summed E-state index contributed by atoms with van der Waals surface area (Å²) in [6.45, 7) is 13.3. The van der Waals surface area contributed by atoms with Gasteiger partial charge in [-0.15, -0.1) is 0 Å². The van der Waals surface area contributed by atoms with Gasteiger partial charge in [0.05, 0.1) is 0 Å². The van der Waals surface area contributed by atoms with Crippen LogP contribution in [0.4, 0.5) is 4.79 Å². The summed E-state index contributed by atoms with van der Waals surface area (Å²) < 4.78 is 0. The summed E-state index contributed by atoms with van der Waals surface area (Å²) in [5.41, 5.74) is 0. The lowest BCUT2D eigenvalue weighted by molar-refractivity contribution is -0.137. The van der Waals surface area contributed by atoms with Crippen LogP contribution in [0.2, 0.25) is 0 Å². The Kier molecular flexibility index (Phi) is 9.78. The number of likely N-dealkylation sites (N-methyl/N-ethyl adjacent to an activating group) is 1. The molecule has 1 unspecified atom stereocenters. The smallest absolute Gasteiger partial charge is 0.317 e. The molecule has 0 aliphatic carbocycles. The standard InChI is InChI=1S/C15H31N3O3/c1-6-17(7-2)11-13(5)16-15(21)18(12(3)4)10-8-9-14(19)20/h12-13H,6-11H2,1-5H3,(H,16,21)(H,19,20). The fourth-order valence-corrected chi connectivity index (χ4v) is 2.20. The molecule has 21 heavy (non-hydrogen) atoms. The number of urea groups is 1. The van der Waals surface area contributed by atoms with Gasteiger partial charge in [-0.25, -0.2) is 4.79 Å². The van der Waals surface area contributed by atoms with Gasteiger partial charge in [0.15, 0.2) is 0 Å². The Bertz CT molecular complexity index is 317. The Hall–Kier alpha value is -1.30. The number of aliphatic carboxylic acids is 1. The Labute approximate surface area is 128 Å². The molecule has 1 atom stereocenters. The molecule has 0 heterocycles. The molecular weight excluding hydrogens is 270 g/mol. The van der Waals surface area contributed by atoms with Crippen LogP contribution in [-0.4, -0.2) is 65.2 Å². The number of carbonyl (C=O) groups is 2. The van der Waals surface area contributed by atoms with E-state index in [9.17, 15) is 9.59 Å². The van der Waals surface area contributed by atoms with Gasteiger partial charge in [0.25, 0.3) is 0 Å². The zero-order valence-electron chi connectivity index (χ0n) is 14.1. The Morgan fingerprint density at radius 1 is 1.14 bits per heavy atom. The van der Waals surface area contributed by atoms with Crippen molar-refractivity contribution in [3.05, 3.63) is 0 Å². The van der Waals surface area contributed by atoms with Crippen molar-refractivity contribution in [3.63, 3.8) is 0 Å². The van der Waals surface area contributed by atoms with Crippen molar-refractivity contribution in [3.8, 4) is 0 Å². The highest BCUT2D eigenvalue weighted by Gasteiger charge is 2.19. The molecule has 0 rings (SSSR count). The molecule has 0 saturated heterocycles. The number of hydrogen-bond acceptors (Lipinski definition) is 3. The van der Waals surface area contributed by atoms with E-state index < -0.39 is 5.97 Å². The fourth-order valence-electron chi connectivity index (χ4n) is 2.20. The molecule has 0 aromatic heterocycles. The molecule has 0 saturated carbocycles. The van der Waals surface area contributed by atoms with Crippen molar-refractivity contribution < 1.29 is 14.7 Å². The second-order valence-electron chi connectivity index (χ2n) is 5.62. The predicted molar refractivity (Wildman–Crippen MR) is 84.5 cm³/mol. The average Bonchev–Trinajstić information content (AvgIpc) is 2.39. The van der Waals surface area contributed by atoms with Crippen LogP contribution in [0.15, 0.2) is 0 Å². The number of amides is 2. The highest BCUT2D eigenvalue weighted by Crippen LogP contribution is 2.04. The molecule has 124 valence electrons. The van der Waals surface area contributed by atoms with Crippen LogP contribution in [0.1, 0.15) is 47.5 Å². The molecule has 2 amide bonds. The van der Waals surface area contributed by atoms with Crippen molar-refractivity contribution in [1.29, 1.82) is 0 Å². The third kappa shape index (κ3) is 8.55. The number of carbonyl (C=O) groups excluding carboxylic acids is 1. The van der Waals surface area contributed by atoms with Crippen LogP contribution in [0.3, 0.4) is 0 Å². The number of carboxylic acid groups (broad SMARTS) is 1. The fraction of sp³-hybridized carbons (Fsp3) is 0.867. The molecule has 6 nitrogen and oxygen atoms in total. The Morgan fingerprint density at radius 2 is 1.71 bits per heavy atom. The van der Waals surface area contributed by atoms with Gasteiger partial charge in [-0.3, -0.25) is 4.79 Å². The van der Waals surface area contributed by atoms with Gasteiger partial charge >= 0.3 is 12.0 Å². The average molecular weight is 301 g/mol. The maximum absolute atomic E-state index is 12.3. The Morgan fingerprint density at radius 3 is 2.14 bits per heavy atom. The predicted octanol–water partition coefficient (Wildman–Crippen LogP) is 2.00. The van der Waals surface area contributed by atoms with E-state index >= 15 is 0 Å². The monoisotopic (exact) mass is 301 g/mol. The van der Waals surface area contributed by atoms with Crippen molar-refractivity contribution in [1.82, 2.24) is 15.1 Å². The van der Waals surface area contributed by atoms with Crippen molar-refractivity contribution >= 4 is 12.0 Å². The highest BCUT2D eigenvalue weighted by atomic mass is 16.4.